The molecule has 0 amide bonds. The molecule has 0 bridgehead atoms. The van der Waals surface area contributed by atoms with E-state index in [9.17, 15) is 4.79 Å². The van der Waals surface area contributed by atoms with Crippen LogP contribution in [0.5, 0.6) is 0 Å². The fourth-order valence-corrected chi connectivity index (χ4v) is 2.93. The molecular weight excluding hydrogens is 260 g/mol. The molecule has 0 aliphatic carbocycles. The molecule has 100 valence electrons. The molecule has 0 N–H and O–H groups in total. The van der Waals surface area contributed by atoms with Crippen LogP contribution < -0.4 is 5.56 Å². The molecule has 1 aliphatic rings. The van der Waals surface area contributed by atoms with Crippen molar-refractivity contribution >= 4 is 11.3 Å². The highest BCUT2D eigenvalue weighted by Gasteiger charge is 2.16. The van der Waals surface area contributed by atoms with Crippen LogP contribution >= 0.6 is 11.3 Å². The minimum Gasteiger partial charge on any atom is -0.302 e. The number of fused-ring (bicyclic) bond motifs is 1. The van der Waals surface area contributed by atoms with E-state index in [-0.39, 0.29) is 5.56 Å². The van der Waals surface area contributed by atoms with Gasteiger partial charge in [-0.1, -0.05) is 0 Å². The summed E-state index contributed by atoms with van der Waals surface area (Å²) in [5.74, 6) is 0. The molecule has 0 unspecified atom stereocenters. The Morgan fingerprint density at radius 3 is 3.05 bits per heavy atom. The first-order valence-corrected chi connectivity index (χ1v) is 7.19. The first kappa shape index (κ1) is 12.5. The van der Waals surface area contributed by atoms with Gasteiger partial charge in [-0.2, -0.15) is 5.10 Å². The Balaban J connectivity index is 1.92. The number of rotatable bonds is 2. The van der Waals surface area contributed by atoms with Crippen molar-refractivity contribution in [3.8, 4) is 0 Å². The van der Waals surface area contributed by atoms with E-state index in [1.807, 2.05) is 12.3 Å². The van der Waals surface area contributed by atoms with Crippen LogP contribution in [0.1, 0.15) is 22.0 Å². The summed E-state index contributed by atoms with van der Waals surface area (Å²) in [6, 6.07) is 1.72. The number of likely N-dealkylation sites (N-methyl/N-ethyl adjacent to an activating group) is 1. The molecule has 19 heavy (non-hydrogen) atoms. The summed E-state index contributed by atoms with van der Waals surface area (Å²) in [5, 5.41) is 7.49. The predicted octanol–water partition coefficient (Wildman–Crippen LogP) is 1.04. The summed E-state index contributed by atoms with van der Waals surface area (Å²) in [7, 11) is 2.06. The third-order valence-corrected chi connectivity index (χ3v) is 4.14. The molecule has 0 atom stereocenters. The minimum absolute atomic E-state index is 0.0419. The number of aromatic nitrogens is 3. The Morgan fingerprint density at radius 2 is 2.32 bits per heavy atom. The van der Waals surface area contributed by atoms with Crippen molar-refractivity contribution in [3.05, 3.63) is 43.8 Å². The van der Waals surface area contributed by atoms with Gasteiger partial charge in [-0.15, -0.1) is 11.3 Å². The zero-order valence-corrected chi connectivity index (χ0v) is 11.9. The number of thiazole rings is 1. The Labute approximate surface area is 115 Å². The van der Waals surface area contributed by atoms with E-state index in [0.717, 1.165) is 41.5 Å². The normalized spacial score (nSPS) is 15.5. The molecule has 0 radical (unpaired) electrons. The summed E-state index contributed by atoms with van der Waals surface area (Å²) in [6.07, 6.45) is 0.905. The van der Waals surface area contributed by atoms with Gasteiger partial charge in [0.15, 0.2) is 0 Å². The Hall–Kier alpha value is -1.53. The van der Waals surface area contributed by atoms with Gasteiger partial charge in [-0.3, -0.25) is 4.79 Å². The number of nitrogens with zero attached hydrogens (tertiary/aromatic N) is 4. The molecule has 0 fully saturated rings. The highest BCUT2D eigenvalue weighted by Crippen LogP contribution is 2.14. The number of hydrogen-bond donors (Lipinski definition) is 0. The fraction of sp³-hybridized carbons (Fsp3) is 0.462. The standard InChI is InChI=1S/C13H16N4OS/c1-9-14-11(8-19-9)7-17-13(18)5-10-6-16(2)4-3-12(10)15-17/h5,8H,3-4,6-7H2,1-2H3. The molecule has 1 aliphatic heterocycles. The highest BCUT2D eigenvalue weighted by atomic mass is 32.1. The second kappa shape index (κ2) is 4.86. The lowest BCUT2D eigenvalue weighted by Crippen LogP contribution is -2.33. The Morgan fingerprint density at radius 1 is 1.47 bits per heavy atom. The summed E-state index contributed by atoms with van der Waals surface area (Å²) in [5.41, 5.74) is 2.97. The number of aryl methyl sites for hydroxylation is 1. The van der Waals surface area contributed by atoms with Crippen molar-refractivity contribution in [3.63, 3.8) is 0 Å². The first-order chi connectivity index (χ1) is 9.11. The van der Waals surface area contributed by atoms with E-state index in [1.165, 1.54) is 4.68 Å². The van der Waals surface area contributed by atoms with Crippen LogP contribution in [-0.2, 0) is 19.5 Å². The van der Waals surface area contributed by atoms with Gasteiger partial charge in [0.1, 0.15) is 0 Å². The van der Waals surface area contributed by atoms with Crippen molar-refractivity contribution < 1.29 is 0 Å². The Kier molecular flexibility index (Phi) is 3.20. The predicted molar refractivity (Wildman–Crippen MR) is 74.5 cm³/mol. The lowest BCUT2D eigenvalue weighted by molar-refractivity contribution is 0.306. The number of hydrogen-bond acceptors (Lipinski definition) is 5. The molecule has 0 spiro atoms. The van der Waals surface area contributed by atoms with E-state index < -0.39 is 0 Å². The van der Waals surface area contributed by atoms with Gasteiger partial charge in [0, 0.05) is 31.0 Å². The molecule has 0 saturated heterocycles. The second-order valence-electron chi connectivity index (χ2n) is 4.96. The van der Waals surface area contributed by atoms with Crippen LogP contribution in [0.2, 0.25) is 0 Å². The van der Waals surface area contributed by atoms with Crippen molar-refractivity contribution in [1.82, 2.24) is 19.7 Å². The van der Waals surface area contributed by atoms with Gasteiger partial charge in [0.2, 0.25) is 0 Å². The van der Waals surface area contributed by atoms with E-state index >= 15 is 0 Å². The molecule has 2 aromatic heterocycles. The van der Waals surface area contributed by atoms with Crippen LogP contribution in [0, 0.1) is 6.92 Å². The van der Waals surface area contributed by atoms with Crippen molar-refractivity contribution in [1.29, 1.82) is 0 Å². The van der Waals surface area contributed by atoms with E-state index in [4.69, 9.17) is 0 Å². The van der Waals surface area contributed by atoms with Gasteiger partial charge < -0.3 is 4.90 Å². The zero-order chi connectivity index (χ0) is 13.4. The van der Waals surface area contributed by atoms with Crippen molar-refractivity contribution in [2.45, 2.75) is 26.4 Å². The van der Waals surface area contributed by atoms with Crippen LogP contribution in [0.4, 0.5) is 0 Å². The summed E-state index contributed by atoms with van der Waals surface area (Å²) in [6.45, 7) is 4.24. The van der Waals surface area contributed by atoms with Gasteiger partial charge in [-0.05, 0) is 19.5 Å². The molecular formula is C13H16N4OS. The van der Waals surface area contributed by atoms with Gasteiger partial charge in [-0.25, -0.2) is 9.67 Å². The minimum atomic E-state index is -0.0419. The summed E-state index contributed by atoms with van der Waals surface area (Å²) in [4.78, 5) is 18.7. The smallest absolute Gasteiger partial charge is 0.267 e. The molecule has 6 heteroatoms. The molecule has 0 saturated carbocycles. The molecule has 5 nitrogen and oxygen atoms in total. The molecule has 3 rings (SSSR count). The molecule has 2 aromatic rings. The monoisotopic (exact) mass is 276 g/mol. The van der Waals surface area contributed by atoms with Gasteiger partial charge in [0.25, 0.3) is 5.56 Å². The second-order valence-corrected chi connectivity index (χ2v) is 6.02. The van der Waals surface area contributed by atoms with E-state index in [0.29, 0.717) is 6.54 Å². The lowest BCUT2D eigenvalue weighted by Gasteiger charge is -2.24. The van der Waals surface area contributed by atoms with Crippen LogP contribution in [0.3, 0.4) is 0 Å². The molecule has 3 heterocycles. The Bertz CT molecular complexity index is 661. The van der Waals surface area contributed by atoms with E-state index in [1.54, 1.807) is 17.4 Å². The third kappa shape index (κ3) is 2.59. The highest BCUT2D eigenvalue weighted by molar-refractivity contribution is 7.09. The topological polar surface area (TPSA) is 51.0 Å². The van der Waals surface area contributed by atoms with Crippen molar-refractivity contribution in [2.24, 2.45) is 0 Å². The fourth-order valence-electron chi connectivity index (χ4n) is 2.33. The third-order valence-electron chi connectivity index (χ3n) is 3.31. The summed E-state index contributed by atoms with van der Waals surface area (Å²) >= 11 is 1.60. The summed E-state index contributed by atoms with van der Waals surface area (Å²) < 4.78 is 1.53. The average Bonchev–Trinajstić information content (AvgIpc) is 2.76. The first-order valence-electron chi connectivity index (χ1n) is 6.31. The maximum Gasteiger partial charge on any atom is 0.267 e. The van der Waals surface area contributed by atoms with Crippen LogP contribution in [0.25, 0.3) is 0 Å². The average molecular weight is 276 g/mol. The maximum absolute atomic E-state index is 12.1. The molecule has 0 aromatic carbocycles. The SMILES string of the molecule is Cc1nc(Cn2nc3c(cc2=O)CN(C)CC3)cs1. The van der Waals surface area contributed by atoms with Gasteiger partial charge >= 0.3 is 0 Å². The maximum atomic E-state index is 12.1. The van der Waals surface area contributed by atoms with Gasteiger partial charge in [0.05, 0.1) is 22.9 Å². The van der Waals surface area contributed by atoms with Crippen molar-refractivity contribution in [2.75, 3.05) is 13.6 Å². The zero-order valence-electron chi connectivity index (χ0n) is 11.1. The lowest BCUT2D eigenvalue weighted by atomic mass is 10.1. The quantitative estimate of drug-likeness (QED) is 0.822. The largest absolute Gasteiger partial charge is 0.302 e. The van der Waals surface area contributed by atoms with E-state index in [2.05, 4.69) is 22.0 Å². The van der Waals surface area contributed by atoms with Crippen LogP contribution in [0.15, 0.2) is 16.2 Å². The van der Waals surface area contributed by atoms with Crippen LogP contribution in [-0.4, -0.2) is 33.3 Å².